The van der Waals surface area contributed by atoms with Crippen molar-refractivity contribution >= 4 is 0 Å². The molecular weight excluding hydrogens is 198 g/mol. The van der Waals surface area contributed by atoms with E-state index < -0.39 is 0 Å². The summed E-state index contributed by atoms with van der Waals surface area (Å²) in [5.74, 6) is 1.57. The standard InChI is InChI=1S/C13H29N3/c1-11(2)13(10-14)15-7-4-12-5-8-16(3)9-6-12/h11-13,15H,4-10,14H2,1-3H3. The van der Waals surface area contributed by atoms with Gasteiger partial charge in [0.05, 0.1) is 0 Å². The summed E-state index contributed by atoms with van der Waals surface area (Å²) in [7, 11) is 2.22. The maximum atomic E-state index is 5.74. The molecule has 1 atom stereocenters. The van der Waals surface area contributed by atoms with Crippen LogP contribution < -0.4 is 11.1 Å². The van der Waals surface area contributed by atoms with Crippen molar-refractivity contribution in [3.05, 3.63) is 0 Å². The van der Waals surface area contributed by atoms with Crippen molar-refractivity contribution in [2.45, 2.75) is 39.2 Å². The minimum atomic E-state index is 0.492. The second kappa shape index (κ2) is 7.25. The Balaban J connectivity index is 2.10. The van der Waals surface area contributed by atoms with E-state index >= 15 is 0 Å². The molecule has 3 nitrogen and oxygen atoms in total. The number of rotatable bonds is 6. The molecule has 0 amide bonds. The number of hydrogen-bond acceptors (Lipinski definition) is 3. The lowest BCUT2D eigenvalue weighted by Gasteiger charge is -2.29. The van der Waals surface area contributed by atoms with Gasteiger partial charge in [0.15, 0.2) is 0 Å². The first kappa shape index (κ1) is 13.9. The highest BCUT2D eigenvalue weighted by atomic mass is 15.1. The molecule has 1 rings (SSSR count). The lowest BCUT2D eigenvalue weighted by atomic mass is 9.93. The molecule has 1 aliphatic heterocycles. The maximum Gasteiger partial charge on any atom is 0.0213 e. The van der Waals surface area contributed by atoms with Crippen LogP contribution in [0.2, 0.25) is 0 Å². The van der Waals surface area contributed by atoms with Crippen LogP contribution in [0.1, 0.15) is 33.1 Å². The molecule has 3 N–H and O–H groups in total. The highest BCUT2D eigenvalue weighted by molar-refractivity contribution is 4.74. The molecule has 1 unspecified atom stereocenters. The second-order valence-electron chi connectivity index (χ2n) is 5.58. The summed E-state index contributed by atoms with van der Waals surface area (Å²) in [5.41, 5.74) is 5.74. The fourth-order valence-electron chi connectivity index (χ4n) is 2.41. The lowest BCUT2D eigenvalue weighted by molar-refractivity contribution is 0.209. The van der Waals surface area contributed by atoms with Gasteiger partial charge in [0.1, 0.15) is 0 Å². The smallest absolute Gasteiger partial charge is 0.0213 e. The summed E-state index contributed by atoms with van der Waals surface area (Å²) in [6.07, 6.45) is 4.05. The maximum absolute atomic E-state index is 5.74. The van der Waals surface area contributed by atoms with Crippen LogP contribution in [0.15, 0.2) is 0 Å². The molecule has 0 spiro atoms. The molecule has 16 heavy (non-hydrogen) atoms. The summed E-state index contributed by atoms with van der Waals surface area (Å²) in [4.78, 5) is 2.43. The third kappa shape index (κ3) is 4.81. The number of nitrogens with zero attached hydrogens (tertiary/aromatic N) is 1. The Bertz CT molecular complexity index is 174. The van der Waals surface area contributed by atoms with Crippen LogP contribution in [0.3, 0.4) is 0 Å². The molecule has 0 saturated carbocycles. The molecule has 1 aliphatic rings. The third-order valence-corrected chi connectivity index (χ3v) is 3.86. The Morgan fingerprint density at radius 1 is 1.31 bits per heavy atom. The number of nitrogens with one attached hydrogen (secondary N) is 1. The molecule has 0 aromatic rings. The van der Waals surface area contributed by atoms with Gasteiger partial charge in [-0.1, -0.05) is 13.8 Å². The van der Waals surface area contributed by atoms with E-state index in [0.717, 1.165) is 19.0 Å². The van der Waals surface area contributed by atoms with Crippen LogP contribution in [0.4, 0.5) is 0 Å². The summed E-state index contributed by atoms with van der Waals surface area (Å²) in [6.45, 7) is 8.91. The molecule has 0 radical (unpaired) electrons. The van der Waals surface area contributed by atoms with Crippen LogP contribution in [0.25, 0.3) is 0 Å². The van der Waals surface area contributed by atoms with Gasteiger partial charge in [0, 0.05) is 12.6 Å². The van der Waals surface area contributed by atoms with Crippen molar-refractivity contribution in [1.82, 2.24) is 10.2 Å². The Morgan fingerprint density at radius 2 is 1.94 bits per heavy atom. The molecule has 1 heterocycles. The van der Waals surface area contributed by atoms with E-state index in [1.807, 2.05) is 0 Å². The van der Waals surface area contributed by atoms with Gasteiger partial charge >= 0.3 is 0 Å². The number of likely N-dealkylation sites (tertiary alicyclic amines) is 1. The number of hydrogen-bond donors (Lipinski definition) is 2. The number of piperidine rings is 1. The quantitative estimate of drug-likeness (QED) is 0.718. The van der Waals surface area contributed by atoms with Crippen LogP contribution >= 0.6 is 0 Å². The van der Waals surface area contributed by atoms with Gasteiger partial charge in [0.25, 0.3) is 0 Å². The first-order chi connectivity index (χ1) is 7.63. The highest BCUT2D eigenvalue weighted by Crippen LogP contribution is 2.18. The summed E-state index contributed by atoms with van der Waals surface area (Å²) >= 11 is 0. The Labute approximate surface area is 101 Å². The summed E-state index contributed by atoms with van der Waals surface area (Å²) < 4.78 is 0. The fourth-order valence-corrected chi connectivity index (χ4v) is 2.41. The van der Waals surface area contributed by atoms with Gasteiger partial charge in [-0.2, -0.15) is 0 Å². The van der Waals surface area contributed by atoms with Gasteiger partial charge in [-0.25, -0.2) is 0 Å². The van der Waals surface area contributed by atoms with Crippen molar-refractivity contribution in [2.75, 3.05) is 33.2 Å². The van der Waals surface area contributed by atoms with Gasteiger partial charge in [-0.05, 0) is 57.8 Å². The molecule has 1 fully saturated rings. The van der Waals surface area contributed by atoms with Crippen LogP contribution in [0.5, 0.6) is 0 Å². The zero-order chi connectivity index (χ0) is 12.0. The van der Waals surface area contributed by atoms with Crippen LogP contribution in [-0.2, 0) is 0 Å². The largest absolute Gasteiger partial charge is 0.329 e. The first-order valence-electron chi connectivity index (χ1n) is 6.75. The minimum absolute atomic E-state index is 0.492. The molecule has 3 heteroatoms. The van der Waals surface area contributed by atoms with Gasteiger partial charge in [-0.3, -0.25) is 0 Å². The van der Waals surface area contributed by atoms with Gasteiger partial charge in [-0.15, -0.1) is 0 Å². The Morgan fingerprint density at radius 3 is 2.44 bits per heavy atom. The first-order valence-corrected chi connectivity index (χ1v) is 6.75. The molecule has 0 bridgehead atoms. The predicted octanol–water partition coefficient (Wildman–Crippen LogP) is 1.29. The lowest BCUT2D eigenvalue weighted by Crippen LogP contribution is -2.41. The molecule has 0 aliphatic carbocycles. The normalized spacial score (nSPS) is 21.6. The van der Waals surface area contributed by atoms with E-state index in [1.54, 1.807) is 0 Å². The Hall–Kier alpha value is -0.120. The third-order valence-electron chi connectivity index (χ3n) is 3.86. The van der Waals surface area contributed by atoms with Crippen molar-refractivity contribution in [2.24, 2.45) is 17.6 Å². The average Bonchev–Trinajstić information content (AvgIpc) is 2.26. The van der Waals surface area contributed by atoms with E-state index in [4.69, 9.17) is 5.73 Å². The minimum Gasteiger partial charge on any atom is -0.329 e. The fraction of sp³-hybridized carbons (Fsp3) is 1.00. The second-order valence-corrected chi connectivity index (χ2v) is 5.58. The molecule has 0 aromatic heterocycles. The van der Waals surface area contributed by atoms with E-state index in [2.05, 4.69) is 31.1 Å². The molecule has 0 aromatic carbocycles. The van der Waals surface area contributed by atoms with Gasteiger partial charge < -0.3 is 16.0 Å². The highest BCUT2D eigenvalue weighted by Gasteiger charge is 2.17. The average molecular weight is 227 g/mol. The van der Waals surface area contributed by atoms with Crippen molar-refractivity contribution < 1.29 is 0 Å². The Kier molecular flexibility index (Phi) is 6.32. The van der Waals surface area contributed by atoms with Crippen molar-refractivity contribution in [3.8, 4) is 0 Å². The van der Waals surface area contributed by atoms with E-state index in [9.17, 15) is 0 Å². The molecule has 1 saturated heterocycles. The molecular formula is C13H29N3. The monoisotopic (exact) mass is 227 g/mol. The topological polar surface area (TPSA) is 41.3 Å². The van der Waals surface area contributed by atoms with Crippen molar-refractivity contribution in [3.63, 3.8) is 0 Å². The van der Waals surface area contributed by atoms with Crippen LogP contribution in [-0.4, -0.2) is 44.2 Å². The SMILES string of the molecule is CC(C)C(CN)NCCC1CCN(C)CC1. The summed E-state index contributed by atoms with van der Waals surface area (Å²) in [6, 6.07) is 0.492. The van der Waals surface area contributed by atoms with E-state index in [-0.39, 0.29) is 0 Å². The molecule has 96 valence electrons. The predicted molar refractivity (Wildman–Crippen MR) is 70.5 cm³/mol. The van der Waals surface area contributed by atoms with E-state index in [1.165, 1.54) is 32.4 Å². The summed E-state index contributed by atoms with van der Waals surface area (Å²) in [5, 5.41) is 3.59. The zero-order valence-corrected chi connectivity index (χ0v) is 11.2. The van der Waals surface area contributed by atoms with Gasteiger partial charge in [0.2, 0.25) is 0 Å². The van der Waals surface area contributed by atoms with Crippen LogP contribution in [0, 0.1) is 11.8 Å². The van der Waals surface area contributed by atoms with Crippen molar-refractivity contribution in [1.29, 1.82) is 0 Å². The number of nitrogens with two attached hydrogens (primary N) is 1. The zero-order valence-electron chi connectivity index (χ0n) is 11.2. The van der Waals surface area contributed by atoms with E-state index in [0.29, 0.717) is 12.0 Å².